The monoisotopic (exact) mass is 368 g/mol. The highest BCUT2D eigenvalue weighted by molar-refractivity contribution is 14.1. The third kappa shape index (κ3) is 4.15. The van der Waals surface area contributed by atoms with Crippen LogP contribution in [-0.4, -0.2) is 34.2 Å². The third-order valence-corrected chi connectivity index (χ3v) is 3.87. The average molecular weight is 368 g/mol. The molecule has 0 bridgehead atoms. The summed E-state index contributed by atoms with van der Waals surface area (Å²) < 4.78 is 25.3. The van der Waals surface area contributed by atoms with E-state index >= 15 is 0 Å². The van der Waals surface area contributed by atoms with E-state index in [0.29, 0.717) is 5.69 Å². The van der Waals surface area contributed by atoms with E-state index in [1.165, 1.54) is 7.05 Å². The number of rotatable bonds is 4. The fourth-order valence-electron chi connectivity index (χ4n) is 1.24. The molecular formula is C10H13IN2O3S. The Kier molecular flexibility index (Phi) is 4.75. The van der Waals surface area contributed by atoms with Crippen LogP contribution in [0.4, 0.5) is 5.69 Å². The molecule has 0 unspecified atom stereocenters. The molecule has 0 saturated carbocycles. The molecule has 0 fully saturated rings. The zero-order valence-electron chi connectivity index (χ0n) is 9.47. The van der Waals surface area contributed by atoms with E-state index in [-0.39, 0.29) is 12.5 Å². The molecule has 5 nitrogen and oxygen atoms in total. The topological polar surface area (TPSA) is 66.5 Å². The van der Waals surface area contributed by atoms with Crippen LogP contribution in [-0.2, 0) is 14.8 Å². The van der Waals surface area contributed by atoms with Gasteiger partial charge in [-0.3, -0.25) is 9.10 Å². The van der Waals surface area contributed by atoms with Crippen LogP contribution in [0.15, 0.2) is 24.3 Å². The van der Waals surface area contributed by atoms with Crippen LogP contribution in [0.5, 0.6) is 0 Å². The van der Waals surface area contributed by atoms with Gasteiger partial charge in [0.15, 0.2) is 0 Å². The molecule has 1 rings (SSSR count). The molecule has 0 radical (unpaired) electrons. The molecular weight excluding hydrogens is 355 g/mol. The van der Waals surface area contributed by atoms with Gasteiger partial charge in [0.05, 0.1) is 11.9 Å². The summed E-state index contributed by atoms with van der Waals surface area (Å²) in [5, 5.41) is 2.40. The molecule has 0 aliphatic rings. The van der Waals surface area contributed by atoms with Crippen LogP contribution < -0.4 is 9.62 Å². The van der Waals surface area contributed by atoms with Crippen LogP contribution >= 0.6 is 22.6 Å². The molecule has 94 valence electrons. The number of carbonyl (C=O) groups is 1. The van der Waals surface area contributed by atoms with Crippen molar-refractivity contribution in [3.05, 3.63) is 27.8 Å². The van der Waals surface area contributed by atoms with Crippen LogP contribution in [0.25, 0.3) is 0 Å². The number of hydrogen-bond acceptors (Lipinski definition) is 3. The highest BCUT2D eigenvalue weighted by Crippen LogP contribution is 2.19. The molecule has 7 heteroatoms. The highest BCUT2D eigenvalue weighted by Gasteiger charge is 2.20. The molecule has 0 aromatic heterocycles. The number of halogens is 1. The molecule has 0 heterocycles. The van der Waals surface area contributed by atoms with E-state index in [4.69, 9.17) is 0 Å². The predicted octanol–water partition coefficient (Wildman–Crippen LogP) is 0.803. The number of nitrogens with one attached hydrogen (secondary N) is 1. The fraction of sp³-hybridized carbons (Fsp3) is 0.300. The second-order valence-electron chi connectivity index (χ2n) is 3.42. The van der Waals surface area contributed by atoms with Gasteiger partial charge in [-0.15, -0.1) is 0 Å². The first-order chi connectivity index (χ1) is 7.84. The minimum Gasteiger partial charge on any atom is -0.358 e. The Morgan fingerprint density at radius 1 is 1.47 bits per heavy atom. The van der Waals surface area contributed by atoms with Crippen molar-refractivity contribution in [2.75, 3.05) is 24.2 Å². The van der Waals surface area contributed by atoms with Gasteiger partial charge in [0, 0.05) is 10.6 Å². The lowest BCUT2D eigenvalue weighted by Gasteiger charge is -2.21. The van der Waals surface area contributed by atoms with Crippen molar-refractivity contribution in [2.24, 2.45) is 0 Å². The third-order valence-electron chi connectivity index (χ3n) is 2.06. The van der Waals surface area contributed by atoms with E-state index in [1.807, 2.05) is 6.07 Å². The average Bonchev–Trinajstić information content (AvgIpc) is 2.23. The van der Waals surface area contributed by atoms with Crippen molar-refractivity contribution in [3.63, 3.8) is 0 Å². The van der Waals surface area contributed by atoms with Crippen molar-refractivity contribution in [3.8, 4) is 0 Å². The predicted molar refractivity (Wildman–Crippen MR) is 75.4 cm³/mol. The number of hydrogen-bond donors (Lipinski definition) is 1. The van der Waals surface area contributed by atoms with Gasteiger partial charge in [-0.25, -0.2) is 8.42 Å². The Morgan fingerprint density at radius 3 is 2.59 bits per heavy atom. The van der Waals surface area contributed by atoms with Crippen molar-refractivity contribution < 1.29 is 13.2 Å². The van der Waals surface area contributed by atoms with Crippen LogP contribution in [0.3, 0.4) is 0 Å². The maximum atomic E-state index is 11.6. The highest BCUT2D eigenvalue weighted by atomic mass is 127. The summed E-state index contributed by atoms with van der Waals surface area (Å²) in [6.45, 7) is -0.213. The standard InChI is InChI=1S/C10H13IN2O3S/c1-12-10(14)7-13(17(2,15)16)9-5-3-4-8(11)6-9/h3-6H,7H2,1-2H3,(H,12,14). The largest absolute Gasteiger partial charge is 0.358 e. The molecule has 1 aromatic carbocycles. The summed E-state index contributed by atoms with van der Waals surface area (Å²) in [7, 11) is -2.00. The number of nitrogens with zero attached hydrogens (tertiary/aromatic N) is 1. The molecule has 0 aliphatic heterocycles. The summed E-state index contributed by atoms with van der Waals surface area (Å²) in [4.78, 5) is 11.3. The minimum atomic E-state index is -3.47. The fourth-order valence-corrected chi connectivity index (χ4v) is 2.62. The van der Waals surface area contributed by atoms with Crippen molar-refractivity contribution in [2.45, 2.75) is 0 Å². The van der Waals surface area contributed by atoms with Gasteiger partial charge >= 0.3 is 0 Å². The molecule has 1 aromatic rings. The maximum Gasteiger partial charge on any atom is 0.240 e. The lowest BCUT2D eigenvalue weighted by atomic mass is 10.3. The van der Waals surface area contributed by atoms with Crippen LogP contribution in [0.2, 0.25) is 0 Å². The van der Waals surface area contributed by atoms with Crippen molar-refractivity contribution >= 4 is 44.2 Å². The Hall–Kier alpha value is -0.830. The van der Waals surface area contributed by atoms with Gasteiger partial charge in [-0.2, -0.15) is 0 Å². The Balaban J connectivity index is 3.12. The lowest BCUT2D eigenvalue weighted by Crippen LogP contribution is -2.39. The quantitative estimate of drug-likeness (QED) is 0.800. The zero-order valence-corrected chi connectivity index (χ0v) is 12.4. The van der Waals surface area contributed by atoms with E-state index in [1.54, 1.807) is 18.2 Å². The number of benzene rings is 1. The number of carbonyl (C=O) groups excluding carboxylic acids is 1. The summed E-state index contributed by atoms with van der Waals surface area (Å²) in [6, 6.07) is 6.97. The second kappa shape index (κ2) is 5.67. The SMILES string of the molecule is CNC(=O)CN(c1cccc(I)c1)S(C)(=O)=O. The number of likely N-dealkylation sites (N-methyl/N-ethyl adjacent to an activating group) is 1. The molecule has 1 amide bonds. The minimum absolute atomic E-state index is 0.213. The summed E-state index contributed by atoms with van der Waals surface area (Å²) >= 11 is 2.09. The number of sulfonamides is 1. The van der Waals surface area contributed by atoms with E-state index in [9.17, 15) is 13.2 Å². The number of anilines is 1. The summed E-state index contributed by atoms with van der Waals surface area (Å²) in [6.07, 6.45) is 1.08. The molecule has 17 heavy (non-hydrogen) atoms. The lowest BCUT2D eigenvalue weighted by molar-refractivity contribution is -0.119. The van der Waals surface area contributed by atoms with Gasteiger partial charge in [0.2, 0.25) is 15.9 Å². The normalized spacial score (nSPS) is 11.0. The Bertz CT molecular complexity index is 516. The Morgan fingerprint density at radius 2 is 2.12 bits per heavy atom. The first-order valence-corrected chi connectivity index (χ1v) is 7.71. The number of amides is 1. The van der Waals surface area contributed by atoms with Gasteiger partial charge < -0.3 is 5.32 Å². The second-order valence-corrected chi connectivity index (χ2v) is 6.58. The van der Waals surface area contributed by atoms with E-state index in [0.717, 1.165) is 14.1 Å². The van der Waals surface area contributed by atoms with Gasteiger partial charge in [0.25, 0.3) is 0 Å². The van der Waals surface area contributed by atoms with Gasteiger partial charge in [-0.1, -0.05) is 6.07 Å². The Labute approximate surface area is 114 Å². The van der Waals surface area contributed by atoms with Crippen LogP contribution in [0.1, 0.15) is 0 Å². The molecule has 1 N–H and O–H groups in total. The molecule has 0 spiro atoms. The molecule has 0 atom stereocenters. The summed E-state index contributed by atoms with van der Waals surface area (Å²) in [5.74, 6) is -0.353. The molecule has 0 saturated heterocycles. The van der Waals surface area contributed by atoms with Gasteiger partial charge in [-0.05, 0) is 40.8 Å². The zero-order chi connectivity index (χ0) is 13.1. The first-order valence-electron chi connectivity index (χ1n) is 4.78. The van der Waals surface area contributed by atoms with Gasteiger partial charge in [0.1, 0.15) is 6.54 Å². The smallest absolute Gasteiger partial charge is 0.240 e. The van der Waals surface area contributed by atoms with Crippen LogP contribution in [0, 0.1) is 3.57 Å². The van der Waals surface area contributed by atoms with Crippen molar-refractivity contribution in [1.82, 2.24) is 5.32 Å². The first kappa shape index (κ1) is 14.2. The summed E-state index contributed by atoms with van der Waals surface area (Å²) in [5.41, 5.74) is 0.489. The molecule has 0 aliphatic carbocycles. The maximum absolute atomic E-state index is 11.6. The van der Waals surface area contributed by atoms with E-state index in [2.05, 4.69) is 27.9 Å². The van der Waals surface area contributed by atoms with E-state index < -0.39 is 10.0 Å². The van der Waals surface area contributed by atoms with Crippen molar-refractivity contribution in [1.29, 1.82) is 0 Å².